The molecular formula is C19H32N2. The number of benzene rings is 1. The Kier molecular flexibility index (Phi) is 6.25. The van der Waals surface area contributed by atoms with E-state index in [1.807, 2.05) is 0 Å². The average Bonchev–Trinajstić information content (AvgIpc) is 2.52. The summed E-state index contributed by atoms with van der Waals surface area (Å²) in [7, 11) is 0. The first-order valence-corrected chi connectivity index (χ1v) is 8.64. The molecule has 1 aromatic carbocycles. The highest BCUT2D eigenvalue weighted by Crippen LogP contribution is 2.26. The summed E-state index contributed by atoms with van der Waals surface area (Å²) in [4.78, 5) is 2.71. The molecule has 2 nitrogen and oxygen atoms in total. The second-order valence-corrected chi connectivity index (χ2v) is 7.00. The fraction of sp³-hybridized carbons (Fsp3) is 0.684. The van der Waals surface area contributed by atoms with Crippen molar-refractivity contribution < 1.29 is 0 Å². The maximum Gasteiger partial charge on any atom is 0.0473 e. The molecule has 21 heavy (non-hydrogen) atoms. The van der Waals surface area contributed by atoms with Crippen molar-refractivity contribution in [2.24, 2.45) is 11.8 Å². The predicted molar refractivity (Wildman–Crippen MR) is 91.5 cm³/mol. The van der Waals surface area contributed by atoms with E-state index in [0.717, 1.165) is 18.4 Å². The van der Waals surface area contributed by atoms with Gasteiger partial charge in [-0.1, -0.05) is 64.4 Å². The lowest BCUT2D eigenvalue weighted by Gasteiger charge is -2.43. The largest absolute Gasteiger partial charge is 0.311 e. The molecule has 1 aliphatic rings. The number of nitrogens with zero attached hydrogens (tertiary/aromatic N) is 1. The molecule has 0 amide bonds. The van der Waals surface area contributed by atoms with E-state index in [2.05, 4.69) is 68.2 Å². The standard InChI is InChI=1S/C19H32N2/c1-5-16(4)18-14-21(12-11-15(2)3)19(13-20-18)17-9-7-6-8-10-17/h6-10,15-16,18-20H,5,11-14H2,1-4H3. The molecule has 118 valence electrons. The Hall–Kier alpha value is -0.860. The van der Waals surface area contributed by atoms with Gasteiger partial charge in [0.25, 0.3) is 0 Å². The quantitative estimate of drug-likeness (QED) is 0.848. The van der Waals surface area contributed by atoms with Crippen LogP contribution in [0.2, 0.25) is 0 Å². The molecule has 1 saturated heterocycles. The molecule has 0 aromatic heterocycles. The zero-order chi connectivity index (χ0) is 15.2. The van der Waals surface area contributed by atoms with Crippen LogP contribution in [-0.2, 0) is 0 Å². The fourth-order valence-corrected chi connectivity index (χ4v) is 3.18. The summed E-state index contributed by atoms with van der Waals surface area (Å²) in [6.07, 6.45) is 2.54. The first-order valence-electron chi connectivity index (χ1n) is 8.64. The van der Waals surface area contributed by atoms with Crippen molar-refractivity contribution in [3.63, 3.8) is 0 Å². The zero-order valence-corrected chi connectivity index (χ0v) is 14.2. The molecule has 1 aromatic rings. The summed E-state index contributed by atoms with van der Waals surface area (Å²) in [6.45, 7) is 12.8. The fourth-order valence-electron chi connectivity index (χ4n) is 3.18. The van der Waals surface area contributed by atoms with Crippen molar-refractivity contribution in [3.05, 3.63) is 35.9 Å². The third-order valence-electron chi connectivity index (χ3n) is 4.95. The third-order valence-corrected chi connectivity index (χ3v) is 4.95. The minimum atomic E-state index is 0.533. The van der Waals surface area contributed by atoms with Crippen molar-refractivity contribution in [2.45, 2.75) is 52.6 Å². The molecule has 3 atom stereocenters. The van der Waals surface area contributed by atoms with Crippen LogP contribution in [0.15, 0.2) is 30.3 Å². The maximum atomic E-state index is 3.79. The third kappa shape index (κ3) is 4.55. The predicted octanol–water partition coefficient (Wildman–Crippen LogP) is 4.09. The number of nitrogens with one attached hydrogen (secondary N) is 1. The van der Waals surface area contributed by atoms with Crippen LogP contribution in [0.1, 0.15) is 52.1 Å². The van der Waals surface area contributed by atoms with Crippen LogP contribution in [0, 0.1) is 11.8 Å². The normalized spacial score (nSPS) is 25.2. The van der Waals surface area contributed by atoms with Gasteiger partial charge in [0.1, 0.15) is 0 Å². The molecule has 0 radical (unpaired) electrons. The highest BCUT2D eigenvalue weighted by molar-refractivity contribution is 5.20. The number of piperazine rings is 1. The smallest absolute Gasteiger partial charge is 0.0473 e. The van der Waals surface area contributed by atoms with Crippen molar-refractivity contribution in [1.82, 2.24) is 10.2 Å². The van der Waals surface area contributed by atoms with Gasteiger partial charge < -0.3 is 5.32 Å². The van der Waals surface area contributed by atoms with Gasteiger partial charge in [0, 0.05) is 25.2 Å². The average molecular weight is 288 g/mol. The second kappa shape index (κ2) is 7.95. The van der Waals surface area contributed by atoms with Gasteiger partial charge in [0.05, 0.1) is 0 Å². The van der Waals surface area contributed by atoms with E-state index >= 15 is 0 Å². The number of rotatable bonds is 6. The Morgan fingerprint density at radius 3 is 2.52 bits per heavy atom. The minimum absolute atomic E-state index is 0.533. The highest BCUT2D eigenvalue weighted by Gasteiger charge is 2.30. The molecule has 0 spiro atoms. The van der Waals surface area contributed by atoms with Crippen LogP contribution in [0.5, 0.6) is 0 Å². The number of hydrogen-bond donors (Lipinski definition) is 1. The van der Waals surface area contributed by atoms with E-state index < -0.39 is 0 Å². The lowest BCUT2D eigenvalue weighted by molar-refractivity contribution is 0.104. The Balaban J connectivity index is 2.08. The van der Waals surface area contributed by atoms with E-state index in [1.165, 1.54) is 31.5 Å². The summed E-state index contributed by atoms with van der Waals surface area (Å²) < 4.78 is 0. The van der Waals surface area contributed by atoms with Crippen molar-refractivity contribution >= 4 is 0 Å². The summed E-state index contributed by atoms with van der Waals surface area (Å²) in [6, 6.07) is 12.2. The van der Waals surface area contributed by atoms with Crippen LogP contribution in [0.25, 0.3) is 0 Å². The van der Waals surface area contributed by atoms with Crippen LogP contribution in [-0.4, -0.2) is 30.6 Å². The van der Waals surface area contributed by atoms with Crippen LogP contribution >= 0.6 is 0 Å². The Morgan fingerprint density at radius 2 is 1.90 bits per heavy atom. The zero-order valence-electron chi connectivity index (χ0n) is 14.2. The van der Waals surface area contributed by atoms with E-state index in [-0.39, 0.29) is 0 Å². The SMILES string of the molecule is CCC(C)C1CN(CCC(C)C)C(c2ccccc2)CN1. The Morgan fingerprint density at radius 1 is 1.19 bits per heavy atom. The Labute approximate surface area is 130 Å². The van der Waals surface area contributed by atoms with Gasteiger partial charge in [-0.3, -0.25) is 4.90 Å². The maximum absolute atomic E-state index is 3.79. The molecule has 0 saturated carbocycles. The van der Waals surface area contributed by atoms with Gasteiger partial charge in [0.2, 0.25) is 0 Å². The molecule has 1 heterocycles. The van der Waals surface area contributed by atoms with Gasteiger partial charge in [0.15, 0.2) is 0 Å². The van der Waals surface area contributed by atoms with Gasteiger partial charge in [-0.2, -0.15) is 0 Å². The summed E-state index contributed by atoms with van der Waals surface area (Å²) in [5.74, 6) is 1.53. The molecule has 2 rings (SSSR count). The van der Waals surface area contributed by atoms with Crippen molar-refractivity contribution in [1.29, 1.82) is 0 Å². The summed E-state index contributed by atoms with van der Waals surface area (Å²) in [5.41, 5.74) is 1.45. The molecule has 2 heteroatoms. The highest BCUT2D eigenvalue weighted by atomic mass is 15.2. The molecule has 3 unspecified atom stereocenters. The molecule has 1 N–H and O–H groups in total. The van der Waals surface area contributed by atoms with Crippen molar-refractivity contribution in [3.8, 4) is 0 Å². The summed E-state index contributed by atoms with van der Waals surface area (Å²) in [5, 5.41) is 3.79. The van der Waals surface area contributed by atoms with E-state index in [1.54, 1.807) is 0 Å². The van der Waals surface area contributed by atoms with Gasteiger partial charge in [-0.25, -0.2) is 0 Å². The van der Waals surface area contributed by atoms with Crippen LogP contribution in [0.4, 0.5) is 0 Å². The molecule has 1 aliphatic heterocycles. The lowest BCUT2D eigenvalue weighted by Crippen LogP contribution is -2.54. The first-order chi connectivity index (χ1) is 10.1. The number of hydrogen-bond acceptors (Lipinski definition) is 2. The molecular weight excluding hydrogens is 256 g/mol. The minimum Gasteiger partial charge on any atom is -0.311 e. The van der Waals surface area contributed by atoms with Gasteiger partial charge >= 0.3 is 0 Å². The molecule has 0 aliphatic carbocycles. The topological polar surface area (TPSA) is 15.3 Å². The molecule has 1 fully saturated rings. The first kappa shape index (κ1) is 16.5. The lowest BCUT2D eigenvalue weighted by atomic mass is 9.93. The summed E-state index contributed by atoms with van der Waals surface area (Å²) >= 11 is 0. The van der Waals surface area contributed by atoms with Gasteiger partial charge in [-0.05, 0) is 30.4 Å². The van der Waals surface area contributed by atoms with Crippen LogP contribution < -0.4 is 5.32 Å². The Bertz CT molecular complexity index is 401. The van der Waals surface area contributed by atoms with Gasteiger partial charge in [-0.15, -0.1) is 0 Å². The van der Waals surface area contributed by atoms with E-state index in [0.29, 0.717) is 12.1 Å². The van der Waals surface area contributed by atoms with E-state index in [4.69, 9.17) is 0 Å². The van der Waals surface area contributed by atoms with E-state index in [9.17, 15) is 0 Å². The monoisotopic (exact) mass is 288 g/mol. The van der Waals surface area contributed by atoms with Crippen LogP contribution in [0.3, 0.4) is 0 Å². The molecule has 0 bridgehead atoms. The second-order valence-electron chi connectivity index (χ2n) is 7.00. The van der Waals surface area contributed by atoms with Crippen molar-refractivity contribution in [2.75, 3.05) is 19.6 Å².